The number of imide groups is 1. The number of piperidine rings is 1. The zero-order valence-corrected chi connectivity index (χ0v) is 15.1. The van der Waals surface area contributed by atoms with Gasteiger partial charge in [-0.3, -0.25) is 19.3 Å². The standard InChI is InChI=1S/C18H17F3N2O3S/c19-18(20,21)13-7-3-2-6-12(13)10-14-16(25)23(17(26)27-14)11-15(24)22-8-4-1-5-9-22/h2-3,6-7,10H,1,4-5,8-9,11H2/b14-10-. The van der Waals surface area contributed by atoms with E-state index in [0.29, 0.717) is 24.9 Å². The molecule has 0 saturated carbocycles. The van der Waals surface area contributed by atoms with Crippen molar-refractivity contribution in [1.29, 1.82) is 0 Å². The Labute approximate surface area is 158 Å². The molecule has 0 bridgehead atoms. The zero-order chi connectivity index (χ0) is 19.6. The van der Waals surface area contributed by atoms with Crippen molar-refractivity contribution in [3.63, 3.8) is 0 Å². The van der Waals surface area contributed by atoms with Crippen LogP contribution in [-0.2, 0) is 15.8 Å². The first-order valence-corrected chi connectivity index (χ1v) is 9.28. The minimum atomic E-state index is -4.58. The largest absolute Gasteiger partial charge is 0.416 e. The van der Waals surface area contributed by atoms with Gasteiger partial charge in [0, 0.05) is 13.1 Å². The fraction of sp³-hybridized carbons (Fsp3) is 0.389. The molecule has 2 saturated heterocycles. The molecule has 0 aliphatic carbocycles. The maximum atomic E-state index is 13.1. The van der Waals surface area contributed by atoms with Gasteiger partial charge >= 0.3 is 6.18 Å². The predicted molar refractivity (Wildman–Crippen MR) is 94.6 cm³/mol. The molecule has 1 aromatic carbocycles. The second kappa shape index (κ2) is 7.75. The third-order valence-corrected chi connectivity index (χ3v) is 5.34. The molecule has 27 heavy (non-hydrogen) atoms. The molecule has 0 atom stereocenters. The quantitative estimate of drug-likeness (QED) is 0.728. The molecule has 2 heterocycles. The number of carbonyl (C=O) groups is 3. The van der Waals surface area contributed by atoms with Gasteiger partial charge in [0.2, 0.25) is 5.91 Å². The minimum Gasteiger partial charge on any atom is -0.341 e. The first-order chi connectivity index (χ1) is 12.8. The van der Waals surface area contributed by atoms with Crippen LogP contribution >= 0.6 is 11.8 Å². The first kappa shape index (κ1) is 19.5. The average molecular weight is 398 g/mol. The van der Waals surface area contributed by atoms with E-state index in [1.54, 1.807) is 4.90 Å². The molecule has 0 unspecified atom stereocenters. The fourth-order valence-corrected chi connectivity index (χ4v) is 3.87. The van der Waals surface area contributed by atoms with Crippen molar-refractivity contribution in [2.75, 3.05) is 19.6 Å². The molecule has 9 heteroatoms. The fourth-order valence-electron chi connectivity index (χ4n) is 3.04. The third kappa shape index (κ3) is 4.35. The van der Waals surface area contributed by atoms with Crippen LogP contribution in [0.5, 0.6) is 0 Å². The van der Waals surface area contributed by atoms with Crippen LogP contribution in [0.3, 0.4) is 0 Å². The van der Waals surface area contributed by atoms with Crippen LogP contribution in [0.1, 0.15) is 30.4 Å². The number of amides is 3. The van der Waals surface area contributed by atoms with E-state index in [0.717, 1.165) is 36.3 Å². The number of halogens is 3. The topological polar surface area (TPSA) is 57.7 Å². The molecular formula is C18H17F3N2O3S. The van der Waals surface area contributed by atoms with Crippen molar-refractivity contribution in [3.05, 3.63) is 40.3 Å². The number of hydrogen-bond acceptors (Lipinski definition) is 4. The Bertz CT molecular complexity index is 801. The van der Waals surface area contributed by atoms with Crippen molar-refractivity contribution in [2.24, 2.45) is 0 Å². The summed E-state index contributed by atoms with van der Waals surface area (Å²) in [6.45, 7) is 0.788. The number of carbonyl (C=O) groups excluding carboxylic acids is 3. The maximum absolute atomic E-state index is 13.1. The molecule has 2 aliphatic heterocycles. The Kier molecular flexibility index (Phi) is 5.59. The summed E-state index contributed by atoms with van der Waals surface area (Å²) in [5, 5.41) is -0.652. The first-order valence-electron chi connectivity index (χ1n) is 8.47. The molecule has 2 aliphatic rings. The van der Waals surface area contributed by atoms with Gasteiger partial charge in [0.15, 0.2) is 0 Å². The maximum Gasteiger partial charge on any atom is 0.416 e. The lowest BCUT2D eigenvalue weighted by Crippen LogP contribution is -2.44. The summed E-state index contributed by atoms with van der Waals surface area (Å²) in [5.41, 5.74) is -1.08. The molecule has 3 amide bonds. The summed E-state index contributed by atoms with van der Waals surface area (Å²) in [6, 6.07) is 4.82. The van der Waals surface area contributed by atoms with Gasteiger partial charge in [-0.2, -0.15) is 13.2 Å². The molecule has 1 aromatic rings. The summed E-state index contributed by atoms with van der Waals surface area (Å²) in [5.74, 6) is -1.07. The number of benzene rings is 1. The van der Waals surface area contributed by atoms with Gasteiger partial charge in [0.05, 0.1) is 10.5 Å². The molecule has 3 rings (SSSR count). The van der Waals surface area contributed by atoms with Gasteiger partial charge in [-0.25, -0.2) is 0 Å². The van der Waals surface area contributed by atoms with Crippen molar-refractivity contribution in [1.82, 2.24) is 9.80 Å². The van der Waals surface area contributed by atoms with Crippen LogP contribution < -0.4 is 0 Å². The molecular weight excluding hydrogens is 381 g/mol. The highest BCUT2D eigenvalue weighted by atomic mass is 32.2. The van der Waals surface area contributed by atoms with Crippen LogP contribution in [-0.4, -0.2) is 46.5 Å². The smallest absolute Gasteiger partial charge is 0.341 e. The second-order valence-electron chi connectivity index (χ2n) is 6.29. The van der Waals surface area contributed by atoms with E-state index in [2.05, 4.69) is 0 Å². The highest BCUT2D eigenvalue weighted by molar-refractivity contribution is 8.18. The molecule has 0 spiro atoms. The highest BCUT2D eigenvalue weighted by Gasteiger charge is 2.38. The van der Waals surface area contributed by atoms with Gasteiger partial charge in [-0.1, -0.05) is 18.2 Å². The number of likely N-dealkylation sites (tertiary alicyclic amines) is 1. The Morgan fingerprint density at radius 3 is 2.44 bits per heavy atom. The van der Waals surface area contributed by atoms with E-state index in [-0.39, 0.29) is 22.9 Å². The van der Waals surface area contributed by atoms with Crippen molar-refractivity contribution in [2.45, 2.75) is 25.4 Å². The average Bonchev–Trinajstić information content (AvgIpc) is 2.89. The van der Waals surface area contributed by atoms with Crippen LogP contribution in [0, 0.1) is 0 Å². The van der Waals surface area contributed by atoms with E-state index in [1.807, 2.05) is 0 Å². The highest BCUT2D eigenvalue weighted by Crippen LogP contribution is 2.36. The van der Waals surface area contributed by atoms with E-state index in [9.17, 15) is 27.6 Å². The van der Waals surface area contributed by atoms with E-state index in [4.69, 9.17) is 0 Å². The molecule has 2 fully saturated rings. The van der Waals surface area contributed by atoms with Crippen molar-refractivity contribution >= 4 is 34.9 Å². The lowest BCUT2D eigenvalue weighted by Gasteiger charge is -2.27. The monoisotopic (exact) mass is 398 g/mol. The Morgan fingerprint density at radius 1 is 1.11 bits per heavy atom. The van der Waals surface area contributed by atoms with Crippen LogP contribution in [0.2, 0.25) is 0 Å². The van der Waals surface area contributed by atoms with Gasteiger partial charge < -0.3 is 4.90 Å². The van der Waals surface area contributed by atoms with E-state index < -0.39 is 22.9 Å². The molecule has 0 aromatic heterocycles. The number of nitrogens with zero attached hydrogens (tertiary/aromatic N) is 2. The summed E-state index contributed by atoms with van der Waals surface area (Å²) in [6.07, 6.45) is -0.733. The summed E-state index contributed by atoms with van der Waals surface area (Å²) in [7, 11) is 0. The number of hydrogen-bond donors (Lipinski definition) is 0. The van der Waals surface area contributed by atoms with Gasteiger partial charge in [-0.15, -0.1) is 0 Å². The summed E-state index contributed by atoms with van der Waals surface area (Å²) < 4.78 is 39.3. The van der Waals surface area contributed by atoms with E-state index >= 15 is 0 Å². The molecule has 0 N–H and O–H groups in total. The summed E-state index contributed by atoms with van der Waals surface area (Å²) in [4.78, 5) is 39.2. The number of alkyl halides is 3. The van der Waals surface area contributed by atoms with Gasteiger partial charge in [-0.05, 0) is 48.7 Å². The van der Waals surface area contributed by atoms with Crippen LogP contribution in [0.25, 0.3) is 6.08 Å². The lowest BCUT2D eigenvalue weighted by molar-refractivity contribution is -0.137. The molecule has 144 valence electrons. The Balaban J connectivity index is 1.78. The second-order valence-corrected chi connectivity index (χ2v) is 7.29. The third-order valence-electron chi connectivity index (χ3n) is 4.43. The van der Waals surface area contributed by atoms with Crippen molar-refractivity contribution in [3.8, 4) is 0 Å². The van der Waals surface area contributed by atoms with Crippen LogP contribution in [0.15, 0.2) is 29.2 Å². The number of rotatable bonds is 3. The van der Waals surface area contributed by atoms with Gasteiger partial charge in [0.25, 0.3) is 11.1 Å². The number of thioether (sulfide) groups is 1. The van der Waals surface area contributed by atoms with Crippen molar-refractivity contribution < 1.29 is 27.6 Å². The zero-order valence-electron chi connectivity index (χ0n) is 14.3. The SMILES string of the molecule is O=C(CN1C(=O)S/C(=C\c2ccccc2C(F)(F)F)C1=O)N1CCCCC1. The normalized spacial score (nSPS) is 19.9. The van der Waals surface area contributed by atoms with E-state index in [1.165, 1.54) is 18.2 Å². The summed E-state index contributed by atoms with van der Waals surface area (Å²) >= 11 is 0.545. The molecule has 0 radical (unpaired) electrons. The Morgan fingerprint density at radius 2 is 1.78 bits per heavy atom. The van der Waals surface area contributed by atoms with Gasteiger partial charge in [0.1, 0.15) is 6.54 Å². The lowest BCUT2D eigenvalue weighted by atomic mass is 10.1. The molecule has 5 nitrogen and oxygen atoms in total. The van der Waals surface area contributed by atoms with Crippen LogP contribution in [0.4, 0.5) is 18.0 Å². The predicted octanol–water partition coefficient (Wildman–Crippen LogP) is 3.75. The Hall–Kier alpha value is -2.29. The minimum absolute atomic E-state index is 0.122.